The zero-order chi connectivity index (χ0) is 14.1. The summed E-state index contributed by atoms with van der Waals surface area (Å²) in [5, 5.41) is 0.507. The SMILES string of the molecule is CCOc1ccccc1-c1cn2ccc(Cl)c(N)c2n1. The van der Waals surface area contributed by atoms with Crippen molar-refractivity contribution in [3.8, 4) is 17.0 Å². The van der Waals surface area contributed by atoms with Crippen LogP contribution in [0.15, 0.2) is 42.7 Å². The number of nitrogens with two attached hydrogens (primary N) is 1. The largest absolute Gasteiger partial charge is 0.493 e. The highest BCUT2D eigenvalue weighted by Gasteiger charge is 2.12. The molecular formula is C15H14ClN3O. The highest BCUT2D eigenvalue weighted by atomic mass is 35.5. The molecule has 102 valence electrons. The molecule has 0 spiro atoms. The van der Waals surface area contributed by atoms with Crippen LogP contribution in [0, 0.1) is 0 Å². The molecular weight excluding hydrogens is 274 g/mol. The van der Waals surface area contributed by atoms with E-state index in [0.29, 0.717) is 23.0 Å². The number of pyridine rings is 1. The van der Waals surface area contributed by atoms with Gasteiger partial charge in [0.1, 0.15) is 5.75 Å². The fraction of sp³-hybridized carbons (Fsp3) is 0.133. The normalized spacial score (nSPS) is 10.9. The third-order valence-electron chi connectivity index (χ3n) is 3.07. The first-order valence-electron chi connectivity index (χ1n) is 6.35. The van der Waals surface area contributed by atoms with Gasteiger partial charge in [0.25, 0.3) is 0 Å². The molecule has 0 aliphatic rings. The van der Waals surface area contributed by atoms with Crippen molar-refractivity contribution >= 4 is 22.9 Å². The van der Waals surface area contributed by atoms with Crippen LogP contribution in [-0.2, 0) is 0 Å². The zero-order valence-corrected chi connectivity index (χ0v) is 11.8. The van der Waals surface area contributed by atoms with Crippen LogP contribution in [0.2, 0.25) is 5.02 Å². The van der Waals surface area contributed by atoms with E-state index in [1.165, 1.54) is 0 Å². The average molecular weight is 288 g/mol. The molecule has 0 radical (unpaired) electrons. The van der Waals surface area contributed by atoms with Gasteiger partial charge in [-0.15, -0.1) is 0 Å². The first-order valence-corrected chi connectivity index (χ1v) is 6.73. The molecule has 0 aliphatic carbocycles. The number of hydrogen-bond donors (Lipinski definition) is 1. The Labute approximate surface area is 121 Å². The lowest BCUT2D eigenvalue weighted by molar-refractivity contribution is 0.341. The van der Waals surface area contributed by atoms with Crippen LogP contribution in [0.25, 0.3) is 16.9 Å². The van der Waals surface area contributed by atoms with Crippen LogP contribution in [0.3, 0.4) is 0 Å². The lowest BCUT2D eigenvalue weighted by Gasteiger charge is -2.07. The Balaban J connectivity index is 2.18. The van der Waals surface area contributed by atoms with E-state index >= 15 is 0 Å². The number of para-hydroxylation sites is 1. The molecule has 0 atom stereocenters. The van der Waals surface area contributed by atoms with Crippen molar-refractivity contribution in [1.29, 1.82) is 0 Å². The minimum Gasteiger partial charge on any atom is -0.493 e. The van der Waals surface area contributed by atoms with E-state index in [0.717, 1.165) is 17.0 Å². The Morgan fingerprint density at radius 1 is 1.30 bits per heavy atom. The third-order valence-corrected chi connectivity index (χ3v) is 3.40. The van der Waals surface area contributed by atoms with Crippen molar-refractivity contribution in [1.82, 2.24) is 9.38 Å². The summed E-state index contributed by atoms with van der Waals surface area (Å²) in [6, 6.07) is 9.56. The van der Waals surface area contributed by atoms with Crippen LogP contribution in [0.1, 0.15) is 6.92 Å². The van der Waals surface area contributed by atoms with E-state index in [-0.39, 0.29) is 0 Å². The van der Waals surface area contributed by atoms with Crippen molar-refractivity contribution in [3.63, 3.8) is 0 Å². The molecule has 0 unspecified atom stereocenters. The topological polar surface area (TPSA) is 52.5 Å². The number of ether oxygens (including phenoxy) is 1. The van der Waals surface area contributed by atoms with Gasteiger partial charge in [0.05, 0.1) is 23.0 Å². The molecule has 1 aromatic carbocycles. The quantitative estimate of drug-likeness (QED) is 0.800. The Morgan fingerprint density at radius 2 is 2.10 bits per heavy atom. The highest BCUT2D eigenvalue weighted by molar-refractivity contribution is 6.33. The molecule has 0 amide bonds. The highest BCUT2D eigenvalue weighted by Crippen LogP contribution is 2.31. The van der Waals surface area contributed by atoms with Gasteiger partial charge >= 0.3 is 0 Å². The molecule has 5 heteroatoms. The van der Waals surface area contributed by atoms with E-state index in [1.807, 2.05) is 48.0 Å². The maximum Gasteiger partial charge on any atom is 0.162 e. The minimum atomic E-state index is 0.481. The summed E-state index contributed by atoms with van der Waals surface area (Å²) in [5.74, 6) is 0.808. The summed E-state index contributed by atoms with van der Waals surface area (Å²) < 4.78 is 7.50. The predicted molar refractivity (Wildman–Crippen MR) is 81.2 cm³/mol. The van der Waals surface area contributed by atoms with Gasteiger partial charge in [-0.2, -0.15) is 0 Å². The van der Waals surface area contributed by atoms with Crippen LogP contribution in [0.5, 0.6) is 5.75 Å². The van der Waals surface area contributed by atoms with Crippen molar-refractivity contribution in [2.75, 3.05) is 12.3 Å². The van der Waals surface area contributed by atoms with Crippen molar-refractivity contribution in [3.05, 3.63) is 47.7 Å². The number of hydrogen-bond acceptors (Lipinski definition) is 3. The first-order chi connectivity index (χ1) is 9.70. The molecule has 0 saturated carbocycles. The maximum absolute atomic E-state index is 6.02. The molecule has 0 saturated heterocycles. The van der Waals surface area contributed by atoms with E-state index in [2.05, 4.69) is 4.98 Å². The number of fused-ring (bicyclic) bond motifs is 1. The monoisotopic (exact) mass is 287 g/mol. The van der Waals surface area contributed by atoms with Crippen LogP contribution in [0.4, 0.5) is 5.69 Å². The fourth-order valence-corrected chi connectivity index (χ4v) is 2.28. The van der Waals surface area contributed by atoms with Crippen LogP contribution >= 0.6 is 11.6 Å². The van der Waals surface area contributed by atoms with Crippen LogP contribution < -0.4 is 10.5 Å². The molecule has 2 heterocycles. The van der Waals surface area contributed by atoms with E-state index in [1.54, 1.807) is 6.07 Å². The second-order valence-electron chi connectivity index (χ2n) is 4.36. The maximum atomic E-state index is 6.02. The number of nitrogens with zero attached hydrogens (tertiary/aromatic N) is 2. The van der Waals surface area contributed by atoms with E-state index in [4.69, 9.17) is 22.1 Å². The Morgan fingerprint density at radius 3 is 2.90 bits per heavy atom. The lowest BCUT2D eigenvalue weighted by atomic mass is 10.1. The summed E-state index contributed by atoms with van der Waals surface area (Å²) in [6.45, 7) is 2.57. The number of halogens is 1. The van der Waals surface area contributed by atoms with Gasteiger partial charge in [-0.05, 0) is 25.1 Å². The molecule has 0 aliphatic heterocycles. The van der Waals surface area contributed by atoms with Crippen molar-refractivity contribution in [2.45, 2.75) is 6.92 Å². The second kappa shape index (κ2) is 5.06. The Kier molecular flexibility index (Phi) is 3.24. The van der Waals surface area contributed by atoms with Crippen LogP contribution in [-0.4, -0.2) is 16.0 Å². The summed E-state index contributed by atoms with van der Waals surface area (Å²) in [5.41, 5.74) is 8.84. The molecule has 0 bridgehead atoms. The van der Waals surface area contributed by atoms with Gasteiger partial charge in [-0.1, -0.05) is 23.7 Å². The smallest absolute Gasteiger partial charge is 0.162 e. The summed E-state index contributed by atoms with van der Waals surface area (Å²) in [6.07, 6.45) is 3.76. The molecule has 0 fully saturated rings. The average Bonchev–Trinajstić information content (AvgIpc) is 2.89. The van der Waals surface area contributed by atoms with Crippen molar-refractivity contribution < 1.29 is 4.74 Å². The molecule has 2 N–H and O–H groups in total. The van der Waals surface area contributed by atoms with Gasteiger partial charge in [0, 0.05) is 18.0 Å². The second-order valence-corrected chi connectivity index (χ2v) is 4.77. The number of rotatable bonds is 3. The number of aromatic nitrogens is 2. The number of nitrogen functional groups attached to an aromatic ring is 1. The standard InChI is InChI=1S/C15H14ClN3O/c1-2-20-13-6-4-3-5-10(13)12-9-19-8-7-11(16)14(17)15(19)18-12/h3-9H,2,17H2,1H3. The van der Waals surface area contributed by atoms with Gasteiger partial charge in [0.2, 0.25) is 0 Å². The summed E-state index contributed by atoms with van der Waals surface area (Å²) in [4.78, 5) is 4.56. The predicted octanol–water partition coefficient (Wildman–Crippen LogP) is 3.64. The van der Waals surface area contributed by atoms with Gasteiger partial charge < -0.3 is 14.9 Å². The molecule has 3 rings (SSSR count). The third kappa shape index (κ3) is 2.08. The molecule has 4 nitrogen and oxygen atoms in total. The number of imidazole rings is 1. The van der Waals surface area contributed by atoms with Gasteiger partial charge in [-0.25, -0.2) is 4.98 Å². The van der Waals surface area contributed by atoms with Gasteiger partial charge in [0.15, 0.2) is 5.65 Å². The van der Waals surface area contributed by atoms with E-state index in [9.17, 15) is 0 Å². The number of anilines is 1. The van der Waals surface area contributed by atoms with Crippen molar-refractivity contribution in [2.24, 2.45) is 0 Å². The van der Waals surface area contributed by atoms with Gasteiger partial charge in [-0.3, -0.25) is 0 Å². The summed E-state index contributed by atoms with van der Waals surface area (Å²) >= 11 is 6.02. The molecule has 20 heavy (non-hydrogen) atoms. The zero-order valence-electron chi connectivity index (χ0n) is 11.0. The Hall–Kier alpha value is -2.20. The fourth-order valence-electron chi connectivity index (χ4n) is 2.14. The first kappa shape index (κ1) is 12.8. The lowest BCUT2D eigenvalue weighted by Crippen LogP contribution is -1.94. The molecule has 2 aromatic heterocycles. The van der Waals surface area contributed by atoms with E-state index < -0.39 is 0 Å². The minimum absolute atomic E-state index is 0.481. The number of benzene rings is 1. The molecule has 3 aromatic rings. The summed E-state index contributed by atoms with van der Waals surface area (Å²) in [7, 11) is 0. The Bertz CT molecular complexity index is 767.